The van der Waals surface area contributed by atoms with Crippen molar-refractivity contribution >= 4 is 23.0 Å². The Labute approximate surface area is 199 Å². The fraction of sp³-hybridized carbons (Fsp3) is 0.500. The molecule has 0 fully saturated rings. The van der Waals surface area contributed by atoms with Crippen LogP contribution in [0.15, 0.2) is 34.8 Å². The SMILES string of the molecule is CC(=O)CC(C)=NCCN=C(C)CC(C)=O.Cc1ncc[n-]1.Cc1ncc[n-]1.[Br-].[Co+2]. The molecule has 30 heavy (non-hydrogen) atoms. The zero-order chi connectivity index (χ0) is 21.4. The van der Waals surface area contributed by atoms with Crippen LogP contribution in [-0.2, 0) is 26.4 Å². The number of aromatic nitrogens is 4. The van der Waals surface area contributed by atoms with Crippen molar-refractivity contribution in [3.8, 4) is 0 Å². The fourth-order valence-corrected chi connectivity index (χ4v) is 1.95. The van der Waals surface area contributed by atoms with Gasteiger partial charge < -0.3 is 36.9 Å². The molecule has 0 saturated heterocycles. The molecule has 0 saturated carbocycles. The largest absolute Gasteiger partial charge is 2.00 e. The summed E-state index contributed by atoms with van der Waals surface area (Å²) in [7, 11) is 0. The predicted octanol–water partition coefficient (Wildman–Crippen LogP) is -0.438. The van der Waals surface area contributed by atoms with Gasteiger partial charge in [-0.1, -0.05) is 36.4 Å². The van der Waals surface area contributed by atoms with Gasteiger partial charge in [0.25, 0.3) is 0 Å². The zero-order valence-corrected chi connectivity index (χ0v) is 21.0. The molecule has 8 nitrogen and oxygen atoms in total. The molecule has 0 aliphatic rings. The second-order valence-corrected chi connectivity index (χ2v) is 6.20. The second kappa shape index (κ2) is 20.4. The molecular formula is C20H30BrCoN6O2-. The van der Waals surface area contributed by atoms with Gasteiger partial charge in [0.05, 0.1) is 13.1 Å². The van der Waals surface area contributed by atoms with Crippen molar-refractivity contribution in [1.82, 2.24) is 19.9 Å². The number of aryl methyl sites for hydroxylation is 2. The van der Waals surface area contributed by atoms with Crippen LogP contribution in [0, 0.1) is 13.8 Å². The van der Waals surface area contributed by atoms with Crippen molar-refractivity contribution in [2.75, 3.05) is 13.1 Å². The Morgan fingerprint density at radius 3 is 1.30 bits per heavy atom. The number of aliphatic imine (C=N–C) groups is 2. The number of ketones is 2. The minimum atomic E-state index is 0. The Kier molecular flexibility index (Phi) is 22.2. The maximum absolute atomic E-state index is 10.8. The number of nitrogens with zero attached hydrogens (tertiary/aromatic N) is 6. The average Bonchev–Trinajstić information content (AvgIpc) is 3.25. The topological polar surface area (TPSA) is 113 Å². The van der Waals surface area contributed by atoms with Crippen molar-refractivity contribution in [1.29, 1.82) is 0 Å². The molecule has 0 aliphatic carbocycles. The van der Waals surface area contributed by atoms with Crippen LogP contribution in [0.4, 0.5) is 0 Å². The molecule has 0 N–H and O–H groups in total. The van der Waals surface area contributed by atoms with Gasteiger partial charge in [0.2, 0.25) is 0 Å². The van der Waals surface area contributed by atoms with Crippen LogP contribution >= 0.6 is 0 Å². The Morgan fingerprint density at radius 1 is 0.800 bits per heavy atom. The third-order valence-electron chi connectivity index (χ3n) is 3.05. The first-order valence-corrected chi connectivity index (χ1v) is 9.00. The molecule has 0 amide bonds. The second-order valence-electron chi connectivity index (χ2n) is 6.20. The normalized spacial score (nSPS) is 10.3. The van der Waals surface area contributed by atoms with Crippen LogP contribution in [0.1, 0.15) is 52.2 Å². The van der Waals surface area contributed by atoms with Crippen molar-refractivity contribution < 1.29 is 43.3 Å². The number of carbonyl (C=O) groups excluding carboxylic acids is 2. The number of hydrogen-bond donors (Lipinski definition) is 0. The zero-order valence-electron chi connectivity index (χ0n) is 18.3. The van der Waals surface area contributed by atoms with E-state index in [9.17, 15) is 9.59 Å². The van der Waals surface area contributed by atoms with Crippen LogP contribution in [0.3, 0.4) is 0 Å². The molecule has 0 bridgehead atoms. The maximum atomic E-state index is 10.8. The molecule has 169 valence electrons. The molecule has 2 aromatic heterocycles. The number of halogens is 1. The van der Waals surface area contributed by atoms with E-state index in [1.54, 1.807) is 38.6 Å². The van der Waals surface area contributed by atoms with Gasteiger partial charge in [-0.25, -0.2) is 0 Å². The van der Waals surface area contributed by atoms with Crippen LogP contribution in [0.25, 0.3) is 0 Å². The smallest absolute Gasteiger partial charge is 1.00 e. The van der Waals surface area contributed by atoms with Gasteiger partial charge in [-0.2, -0.15) is 0 Å². The van der Waals surface area contributed by atoms with Crippen molar-refractivity contribution in [2.24, 2.45) is 9.98 Å². The molecule has 0 unspecified atom stereocenters. The molecule has 0 atom stereocenters. The number of Topliss-reactive ketones (excluding diaryl/α,β-unsaturated/α-hetero) is 2. The standard InChI is InChI=1S/C12H20N2O2.2C4H5N2.BrH.Co/c1-9(7-11(3)15)13-5-6-14-10(2)8-12(4)16;2*1-4-5-2-3-6-4;;/h5-8H2,1-4H3;2*2-3H,1H3;1H;/q;2*-1;;+2/p-1. The summed E-state index contributed by atoms with van der Waals surface area (Å²) in [5.41, 5.74) is 1.68. The number of carbonyl (C=O) groups is 2. The van der Waals surface area contributed by atoms with Crippen molar-refractivity contribution in [3.05, 3.63) is 36.4 Å². The van der Waals surface area contributed by atoms with E-state index < -0.39 is 0 Å². The Hall–Kier alpha value is -1.91. The van der Waals surface area contributed by atoms with Gasteiger partial charge in [-0.3, -0.25) is 19.6 Å². The van der Waals surface area contributed by atoms with E-state index in [1.165, 1.54) is 0 Å². The van der Waals surface area contributed by atoms with Crippen LogP contribution in [0.2, 0.25) is 0 Å². The molecule has 2 rings (SSSR count). The van der Waals surface area contributed by atoms with E-state index in [2.05, 4.69) is 29.9 Å². The minimum absolute atomic E-state index is 0. The fourth-order valence-electron chi connectivity index (χ4n) is 1.95. The van der Waals surface area contributed by atoms with E-state index in [-0.39, 0.29) is 45.3 Å². The number of rotatable bonds is 7. The maximum Gasteiger partial charge on any atom is 2.00 e. The van der Waals surface area contributed by atoms with Gasteiger partial charge in [0.15, 0.2) is 0 Å². The van der Waals surface area contributed by atoms with Gasteiger partial charge in [0.1, 0.15) is 11.6 Å². The molecular weight excluding hydrogens is 495 g/mol. The summed E-state index contributed by atoms with van der Waals surface area (Å²) in [6, 6.07) is 0. The molecule has 0 aliphatic heterocycles. The Morgan fingerprint density at radius 2 is 1.13 bits per heavy atom. The van der Waals surface area contributed by atoms with Crippen LogP contribution < -0.4 is 26.9 Å². The number of imidazole rings is 2. The summed E-state index contributed by atoms with van der Waals surface area (Å²) in [5, 5.41) is 0. The van der Waals surface area contributed by atoms with Crippen LogP contribution in [0.5, 0.6) is 0 Å². The first-order chi connectivity index (χ1) is 13.2. The Bertz CT molecular complexity index is 679. The van der Waals surface area contributed by atoms with Gasteiger partial charge in [-0.05, 0) is 41.5 Å². The molecule has 0 spiro atoms. The van der Waals surface area contributed by atoms with E-state index in [4.69, 9.17) is 0 Å². The summed E-state index contributed by atoms with van der Waals surface area (Å²) in [5.74, 6) is 1.93. The van der Waals surface area contributed by atoms with Gasteiger partial charge in [0, 0.05) is 24.3 Å². The van der Waals surface area contributed by atoms with Gasteiger partial charge >= 0.3 is 16.8 Å². The quantitative estimate of drug-likeness (QED) is 0.358. The first-order valence-electron chi connectivity index (χ1n) is 9.00. The van der Waals surface area contributed by atoms with E-state index in [0.29, 0.717) is 25.9 Å². The summed E-state index contributed by atoms with van der Waals surface area (Å²) < 4.78 is 0. The molecule has 0 aromatic carbocycles. The minimum Gasteiger partial charge on any atom is -1.00 e. The van der Waals surface area contributed by atoms with E-state index in [1.807, 2.05) is 27.7 Å². The Balaban J connectivity index is -0.000000424. The van der Waals surface area contributed by atoms with E-state index >= 15 is 0 Å². The molecule has 2 aromatic rings. The third kappa shape index (κ3) is 22.4. The summed E-state index contributed by atoms with van der Waals surface area (Å²) in [6.07, 6.45) is 7.53. The first kappa shape index (κ1) is 32.7. The monoisotopic (exact) mass is 524 g/mol. The van der Waals surface area contributed by atoms with Crippen LogP contribution in [-0.4, -0.2) is 46.0 Å². The predicted molar refractivity (Wildman–Crippen MR) is 111 cm³/mol. The molecule has 2 heterocycles. The average molecular weight is 525 g/mol. The number of hydrogen-bond acceptors (Lipinski definition) is 6. The van der Waals surface area contributed by atoms with Gasteiger partial charge in [-0.15, -0.1) is 0 Å². The summed E-state index contributed by atoms with van der Waals surface area (Å²) in [6.45, 7) is 11.7. The van der Waals surface area contributed by atoms with E-state index in [0.717, 1.165) is 23.1 Å². The molecule has 1 radical (unpaired) electrons. The summed E-state index contributed by atoms with van der Waals surface area (Å²) >= 11 is 0. The van der Waals surface area contributed by atoms with Crippen molar-refractivity contribution in [2.45, 2.75) is 54.4 Å². The summed E-state index contributed by atoms with van der Waals surface area (Å²) in [4.78, 5) is 45.2. The third-order valence-corrected chi connectivity index (χ3v) is 3.05. The van der Waals surface area contributed by atoms with Crippen molar-refractivity contribution in [3.63, 3.8) is 0 Å². The molecule has 10 heteroatoms.